The highest BCUT2D eigenvalue weighted by Gasteiger charge is 2.26. The van der Waals surface area contributed by atoms with Crippen molar-refractivity contribution in [3.05, 3.63) is 82.1 Å². The topological polar surface area (TPSA) is 111 Å². The van der Waals surface area contributed by atoms with E-state index in [1.807, 2.05) is 13.0 Å². The monoisotopic (exact) mass is 445 g/mol. The van der Waals surface area contributed by atoms with E-state index in [0.29, 0.717) is 16.3 Å². The summed E-state index contributed by atoms with van der Waals surface area (Å²) in [4.78, 5) is 15.8. The van der Waals surface area contributed by atoms with Crippen LogP contribution >= 0.6 is 11.6 Å². The van der Waals surface area contributed by atoms with E-state index in [1.54, 1.807) is 24.3 Å². The molecule has 0 spiro atoms. The highest BCUT2D eigenvalue weighted by Crippen LogP contribution is 2.28. The average molecular weight is 446 g/mol. The number of nitrogens with one attached hydrogen (secondary N) is 1. The van der Waals surface area contributed by atoms with E-state index in [2.05, 4.69) is 9.71 Å². The third-order valence-corrected chi connectivity index (χ3v) is 6.53. The molecule has 7 nitrogen and oxygen atoms in total. The maximum atomic E-state index is 13.3. The Hall–Kier alpha value is -3.10. The van der Waals surface area contributed by atoms with Crippen LogP contribution in [-0.2, 0) is 16.4 Å². The van der Waals surface area contributed by atoms with E-state index in [1.165, 1.54) is 31.6 Å². The van der Waals surface area contributed by atoms with Gasteiger partial charge in [0.2, 0.25) is 5.91 Å². The largest absolute Gasteiger partial charge is 0.495 e. The SMILES string of the molecule is COc1cncc(NS(=O)(=O)c2c(Cc3cccc(Cl)c3C)cccc2C(N)=O)c1. The van der Waals surface area contributed by atoms with Crippen molar-refractivity contribution in [2.45, 2.75) is 18.2 Å². The highest BCUT2D eigenvalue weighted by molar-refractivity contribution is 7.92. The van der Waals surface area contributed by atoms with Gasteiger partial charge in [-0.05, 0) is 42.2 Å². The molecule has 0 aliphatic carbocycles. The molecule has 0 saturated carbocycles. The zero-order valence-electron chi connectivity index (χ0n) is 16.3. The Bertz CT molecular complexity index is 1210. The summed E-state index contributed by atoms with van der Waals surface area (Å²) in [5.74, 6) is -0.461. The average Bonchev–Trinajstić information content (AvgIpc) is 2.71. The fraction of sp³-hybridized carbons (Fsp3) is 0.143. The third-order valence-electron chi connectivity index (χ3n) is 4.59. The van der Waals surface area contributed by atoms with E-state index >= 15 is 0 Å². The zero-order valence-corrected chi connectivity index (χ0v) is 17.9. The van der Waals surface area contributed by atoms with E-state index in [-0.39, 0.29) is 22.6 Å². The molecule has 30 heavy (non-hydrogen) atoms. The van der Waals surface area contributed by atoms with Crippen LogP contribution in [0.2, 0.25) is 5.02 Å². The van der Waals surface area contributed by atoms with Gasteiger partial charge in [0.1, 0.15) is 10.6 Å². The van der Waals surface area contributed by atoms with Crippen molar-refractivity contribution >= 4 is 33.2 Å². The summed E-state index contributed by atoms with van der Waals surface area (Å²) in [7, 11) is -2.72. The summed E-state index contributed by atoms with van der Waals surface area (Å²) in [5, 5.41) is 0.573. The lowest BCUT2D eigenvalue weighted by Crippen LogP contribution is -2.22. The van der Waals surface area contributed by atoms with Crippen molar-refractivity contribution in [3.63, 3.8) is 0 Å². The maximum absolute atomic E-state index is 13.3. The van der Waals surface area contributed by atoms with Gasteiger partial charge in [0.05, 0.1) is 30.8 Å². The Morgan fingerprint density at radius 2 is 1.87 bits per heavy atom. The summed E-state index contributed by atoms with van der Waals surface area (Å²) >= 11 is 6.20. The number of nitrogens with two attached hydrogens (primary N) is 1. The van der Waals surface area contributed by atoms with Crippen LogP contribution in [-0.4, -0.2) is 26.4 Å². The van der Waals surface area contributed by atoms with Crippen LogP contribution in [0.1, 0.15) is 27.0 Å². The first-order valence-corrected chi connectivity index (χ1v) is 10.8. The van der Waals surface area contributed by atoms with Gasteiger partial charge in [-0.15, -0.1) is 0 Å². The minimum absolute atomic E-state index is 0.101. The van der Waals surface area contributed by atoms with Gasteiger partial charge in [-0.2, -0.15) is 0 Å². The summed E-state index contributed by atoms with van der Waals surface area (Å²) < 4.78 is 34.1. The van der Waals surface area contributed by atoms with Crippen molar-refractivity contribution in [1.82, 2.24) is 4.98 Å². The van der Waals surface area contributed by atoms with Crippen molar-refractivity contribution in [1.29, 1.82) is 0 Å². The molecule has 0 bridgehead atoms. The number of carbonyl (C=O) groups is 1. The van der Waals surface area contributed by atoms with E-state index in [0.717, 1.165) is 11.1 Å². The molecule has 1 heterocycles. The normalized spacial score (nSPS) is 11.2. The van der Waals surface area contributed by atoms with E-state index < -0.39 is 15.9 Å². The number of halogens is 1. The van der Waals surface area contributed by atoms with Gasteiger partial charge < -0.3 is 10.5 Å². The number of sulfonamides is 1. The summed E-state index contributed by atoms with van der Waals surface area (Å²) in [6, 6.07) is 11.5. The second-order valence-corrected chi connectivity index (χ2v) is 8.60. The number of ether oxygens (including phenoxy) is 1. The molecule has 0 radical (unpaired) electrons. The number of aromatic nitrogens is 1. The molecule has 3 N–H and O–H groups in total. The molecular formula is C21H20ClN3O4S. The molecule has 3 rings (SSSR count). The van der Waals surface area contributed by atoms with E-state index in [9.17, 15) is 13.2 Å². The molecule has 0 aliphatic rings. The second kappa shape index (κ2) is 8.73. The van der Waals surface area contributed by atoms with Crippen molar-refractivity contribution < 1.29 is 17.9 Å². The molecule has 0 unspecified atom stereocenters. The Morgan fingerprint density at radius 3 is 2.57 bits per heavy atom. The van der Waals surface area contributed by atoms with Gasteiger partial charge in [0.15, 0.2) is 0 Å². The number of carbonyl (C=O) groups excluding carboxylic acids is 1. The fourth-order valence-corrected chi connectivity index (χ4v) is 4.74. The van der Waals surface area contributed by atoms with Crippen molar-refractivity contribution in [3.8, 4) is 5.75 Å². The van der Waals surface area contributed by atoms with Crippen LogP contribution in [0.25, 0.3) is 0 Å². The lowest BCUT2D eigenvalue weighted by molar-refractivity contribution is 0.0997. The molecule has 0 atom stereocenters. The first kappa shape index (κ1) is 21.6. The van der Waals surface area contributed by atoms with Gasteiger partial charge in [0.25, 0.3) is 10.0 Å². The summed E-state index contributed by atoms with van der Waals surface area (Å²) in [6.45, 7) is 1.85. The lowest BCUT2D eigenvalue weighted by Gasteiger charge is -2.16. The molecule has 3 aromatic rings. The predicted molar refractivity (Wildman–Crippen MR) is 116 cm³/mol. The Balaban J connectivity index is 2.11. The van der Waals surface area contributed by atoms with Gasteiger partial charge in [0, 0.05) is 11.1 Å². The van der Waals surface area contributed by atoms with Crippen LogP contribution in [0, 0.1) is 6.92 Å². The standard InChI is InChI=1S/C21H20ClN3O4S/c1-13-14(5-4-8-19(13)22)9-15-6-3-7-18(21(23)26)20(15)30(27,28)25-16-10-17(29-2)12-24-11-16/h3-8,10-12,25H,9H2,1-2H3,(H2,23,26). The molecule has 1 aromatic heterocycles. The van der Waals surface area contributed by atoms with Gasteiger partial charge >= 0.3 is 0 Å². The summed E-state index contributed by atoms with van der Waals surface area (Å²) in [6.07, 6.45) is 3.04. The second-order valence-electron chi connectivity index (χ2n) is 6.58. The maximum Gasteiger partial charge on any atom is 0.263 e. The van der Waals surface area contributed by atoms with Crippen LogP contribution in [0.3, 0.4) is 0 Å². The molecular weight excluding hydrogens is 426 g/mol. The quantitative estimate of drug-likeness (QED) is 0.577. The Labute approximate surface area is 179 Å². The Kier molecular flexibility index (Phi) is 6.28. The first-order valence-electron chi connectivity index (χ1n) is 8.90. The minimum atomic E-state index is -4.17. The number of amides is 1. The van der Waals surface area contributed by atoms with Crippen molar-refractivity contribution in [2.24, 2.45) is 5.73 Å². The molecule has 156 valence electrons. The number of benzene rings is 2. The van der Waals surface area contributed by atoms with Gasteiger partial charge in [-0.3, -0.25) is 14.5 Å². The molecule has 2 aromatic carbocycles. The Morgan fingerprint density at radius 1 is 1.17 bits per heavy atom. The van der Waals surface area contributed by atoms with Crippen LogP contribution in [0.4, 0.5) is 5.69 Å². The van der Waals surface area contributed by atoms with Crippen LogP contribution < -0.4 is 15.2 Å². The molecule has 0 saturated heterocycles. The van der Waals surface area contributed by atoms with Gasteiger partial charge in [-0.1, -0.05) is 35.9 Å². The van der Waals surface area contributed by atoms with Crippen LogP contribution in [0.15, 0.2) is 59.8 Å². The lowest BCUT2D eigenvalue weighted by atomic mass is 9.99. The third kappa shape index (κ3) is 4.55. The zero-order chi connectivity index (χ0) is 21.9. The predicted octanol–water partition coefficient (Wildman–Crippen LogP) is 3.54. The van der Waals surface area contributed by atoms with Crippen LogP contribution in [0.5, 0.6) is 5.75 Å². The molecule has 0 fully saturated rings. The molecule has 1 amide bonds. The number of hydrogen-bond donors (Lipinski definition) is 2. The number of primary amides is 1. The van der Waals surface area contributed by atoms with E-state index in [4.69, 9.17) is 22.1 Å². The fourth-order valence-electron chi connectivity index (χ4n) is 3.08. The number of nitrogens with zero attached hydrogens (tertiary/aromatic N) is 1. The number of methoxy groups -OCH3 is 1. The van der Waals surface area contributed by atoms with Gasteiger partial charge in [-0.25, -0.2) is 8.42 Å². The minimum Gasteiger partial charge on any atom is -0.495 e. The molecule has 9 heteroatoms. The number of hydrogen-bond acceptors (Lipinski definition) is 5. The summed E-state index contributed by atoms with van der Waals surface area (Å²) in [5.41, 5.74) is 7.66. The number of pyridine rings is 1. The number of rotatable bonds is 7. The molecule has 0 aliphatic heterocycles. The first-order chi connectivity index (χ1) is 14.2. The highest BCUT2D eigenvalue weighted by atomic mass is 35.5. The van der Waals surface area contributed by atoms with Crippen molar-refractivity contribution in [2.75, 3.05) is 11.8 Å². The smallest absolute Gasteiger partial charge is 0.263 e. The number of anilines is 1.